The zero-order valence-corrected chi connectivity index (χ0v) is 17.0. The molecule has 3 aliphatic rings. The summed E-state index contributed by atoms with van der Waals surface area (Å²) in [4.78, 5) is 0. The Kier molecular flexibility index (Phi) is 4.45. The predicted octanol–water partition coefficient (Wildman–Crippen LogP) is 4.19. The zero-order valence-electron chi connectivity index (χ0n) is 15.4. The van der Waals surface area contributed by atoms with Crippen LogP contribution >= 0.6 is 19.2 Å². The fraction of sp³-hybridized carbons (Fsp3) is 0.400. The second-order valence-electron chi connectivity index (χ2n) is 7.55. The maximum absolute atomic E-state index is 13.8. The molecule has 6 nitrogen and oxygen atoms in total. The van der Waals surface area contributed by atoms with Gasteiger partial charge in [0.2, 0.25) is 0 Å². The van der Waals surface area contributed by atoms with Crippen molar-refractivity contribution < 1.29 is 27.8 Å². The van der Waals surface area contributed by atoms with Crippen LogP contribution in [-0.4, -0.2) is 30.4 Å². The minimum absolute atomic E-state index is 0.490. The fourth-order valence-corrected chi connectivity index (χ4v) is 5.96. The van der Waals surface area contributed by atoms with Gasteiger partial charge in [0.25, 0.3) is 0 Å². The molecule has 2 aromatic rings. The Morgan fingerprint density at radius 3 is 2.32 bits per heavy atom. The van der Waals surface area contributed by atoms with Gasteiger partial charge in [-0.1, -0.05) is 41.9 Å². The average Bonchev–Trinajstić information content (AvgIpc) is 3.15. The van der Waals surface area contributed by atoms with Crippen molar-refractivity contribution >= 4 is 24.5 Å². The van der Waals surface area contributed by atoms with Crippen molar-refractivity contribution in [1.82, 2.24) is 0 Å². The summed E-state index contributed by atoms with van der Waals surface area (Å²) >= 11 is 6.03. The number of benzene rings is 2. The van der Waals surface area contributed by atoms with Gasteiger partial charge in [-0.2, -0.15) is 0 Å². The van der Waals surface area contributed by atoms with Crippen LogP contribution in [0.15, 0.2) is 54.6 Å². The van der Waals surface area contributed by atoms with Crippen LogP contribution in [0.3, 0.4) is 0 Å². The maximum Gasteiger partial charge on any atom is 0.362 e. The molecule has 5 rings (SSSR count). The topological polar surface area (TPSA) is 63.2 Å². The van der Waals surface area contributed by atoms with Gasteiger partial charge in [0.15, 0.2) is 12.1 Å². The minimum Gasteiger partial charge on any atom is -0.341 e. The van der Waals surface area contributed by atoms with Gasteiger partial charge in [-0.05, 0) is 43.7 Å². The van der Waals surface area contributed by atoms with E-state index in [2.05, 4.69) is 0 Å². The van der Waals surface area contributed by atoms with Crippen molar-refractivity contribution in [3.63, 3.8) is 0 Å². The van der Waals surface area contributed by atoms with E-state index in [4.69, 9.17) is 34.9 Å². The normalized spacial score (nSPS) is 38.8. The molecule has 2 aromatic carbocycles. The van der Waals surface area contributed by atoms with E-state index < -0.39 is 44.1 Å². The Bertz CT molecular complexity index is 918. The lowest BCUT2D eigenvalue weighted by molar-refractivity contribution is -0.229. The van der Waals surface area contributed by atoms with Crippen LogP contribution in [0.5, 0.6) is 0 Å². The molecule has 3 aliphatic heterocycles. The van der Waals surface area contributed by atoms with Crippen LogP contribution < -0.4 is 5.30 Å². The van der Waals surface area contributed by atoms with E-state index in [1.165, 1.54) is 0 Å². The molecule has 3 saturated heterocycles. The summed E-state index contributed by atoms with van der Waals surface area (Å²) in [5.41, 5.74) is 0.804. The van der Waals surface area contributed by atoms with Crippen molar-refractivity contribution in [2.75, 3.05) is 0 Å². The highest BCUT2D eigenvalue weighted by molar-refractivity contribution is 7.62. The quantitative estimate of drug-likeness (QED) is 0.676. The second kappa shape index (κ2) is 6.64. The van der Waals surface area contributed by atoms with Crippen molar-refractivity contribution in [1.29, 1.82) is 0 Å². The van der Waals surface area contributed by atoms with Crippen LogP contribution in [0.1, 0.15) is 25.5 Å². The summed E-state index contributed by atoms with van der Waals surface area (Å²) in [7, 11) is -3.61. The number of hydrogen-bond donors (Lipinski definition) is 0. The SMILES string of the molecule is CC1(C)O[C@H]2O[C@H]3[C@H](OP(=O)(c4ccccc4)O[C@H]3c3ccc(Cl)cc3)[C@H]2O1. The summed E-state index contributed by atoms with van der Waals surface area (Å²) in [5, 5.41) is 1.10. The second-order valence-corrected chi connectivity index (χ2v) is 9.92. The van der Waals surface area contributed by atoms with Crippen molar-refractivity contribution in [3.8, 4) is 0 Å². The van der Waals surface area contributed by atoms with Gasteiger partial charge in [-0.15, -0.1) is 0 Å². The van der Waals surface area contributed by atoms with Crippen molar-refractivity contribution in [2.24, 2.45) is 0 Å². The van der Waals surface area contributed by atoms with Crippen molar-refractivity contribution in [3.05, 3.63) is 65.2 Å². The van der Waals surface area contributed by atoms with E-state index >= 15 is 0 Å². The zero-order chi connectivity index (χ0) is 19.5. The van der Waals surface area contributed by atoms with Gasteiger partial charge in [0, 0.05) is 5.02 Å². The van der Waals surface area contributed by atoms with Crippen LogP contribution in [0.2, 0.25) is 5.02 Å². The smallest absolute Gasteiger partial charge is 0.341 e. The van der Waals surface area contributed by atoms with Gasteiger partial charge in [0.1, 0.15) is 24.4 Å². The monoisotopic (exact) mass is 422 g/mol. The van der Waals surface area contributed by atoms with Crippen LogP contribution in [-0.2, 0) is 27.8 Å². The molecule has 3 heterocycles. The molecule has 1 unspecified atom stereocenters. The Morgan fingerprint density at radius 2 is 1.61 bits per heavy atom. The first kappa shape index (κ1) is 18.8. The number of fused-ring (bicyclic) bond motifs is 3. The minimum atomic E-state index is -3.61. The third-order valence-corrected chi connectivity index (χ3v) is 7.32. The van der Waals surface area contributed by atoms with E-state index in [-0.39, 0.29) is 0 Å². The van der Waals surface area contributed by atoms with Gasteiger partial charge in [0.05, 0.1) is 5.30 Å². The molecule has 0 radical (unpaired) electrons. The van der Waals surface area contributed by atoms with Gasteiger partial charge >= 0.3 is 7.60 Å². The molecule has 0 bridgehead atoms. The number of halogens is 1. The lowest BCUT2D eigenvalue weighted by Crippen LogP contribution is -2.44. The Labute approximate surface area is 168 Å². The summed E-state index contributed by atoms with van der Waals surface area (Å²) in [6.07, 6.45) is -2.81. The molecule has 6 atom stereocenters. The molecule has 0 N–H and O–H groups in total. The van der Waals surface area contributed by atoms with Crippen LogP contribution in [0, 0.1) is 0 Å². The fourth-order valence-electron chi connectivity index (χ4n) is 3.90. The third kappa shape index (κ3) is 3.14. The highest BCUT2D eigenvalue weighted by Crippen LogP contribution is 2.61. The first-order valence-electron chi connectivity index (χ1n) is 9.14. The van der Waals surface area contributed by atoms with E-state index in [0.717, 1.165) is 5.56 Å². The van der Waals surface area contributed by atoms with Crippen LogP contribution in [0.25, 0.3) is 0 Å². The van der Waals surface area contributed by atoms with Gasteiger partial charge < -0.3 is 14.2 Å². The highest BCUT2D eigenvalue weighted by Gasteiger charge is 2.62. The molecular formula is C20H20ClO6P. The average molecular weight is 423 g/mol. The van der Waals surface area contributed by atoms with Gasteiger partial charge in [-0.25, -0.2) is 0 Å². The molecule has 0 spiro atoms. The Balaban J connectivity index is 1.55. The lowest BCUT2D eigenvalue weighted by Gasteiger charge is -2.39. The van der Waals surface area contributed by atoms with E-state index in [1.54, 1.807) is 36.4 Å². The van der Waals surface area contributed by atoms with E-state index in [9.17, 15) is 4.57 Å². The highest BCUT2D eigenvalue weighted by atomic mass is 35.5. The lowest BCUT2D eigenvalue weighted by atomic mass is 9.99. The number of rotatable bonds is 2. The summed E-state index contributed by atoms with van der Waals surface area (Å²) in [6.45, 7) is 3.63. The predicted molar refractivity (Wildman–Crippen MR) is 103 cm³/mol. The molecule has 8 heteroatoms. The first-order valence-corrected chi connectivity index (χ1v) is 11.1. The standard InChI is InChI=1S/C20H20ClO6P/c1-20(2)24-18-17-16(23-19(18)25-20)15(12-8-10-13(21)11-9-12)26-28(22,27-17)14-6-4-3-5-7-14/h3-11,15-19H,1-2H3/t15-,16+,17-,18+,19+,28?/m0/s1. The number of hydrogen-bond acceptors (Lipinski definition) is 6. The maximum atomic E-state index is 13.8. The molecule has 148 valence electrons. The third-order valence-electron chi connectivity index (χ3n) is 5.11. The number of ether oxygens (including phenoxy) is 3. The largest absolute Gasteiger partial charge is 0.362 e. The first-order chi connectivity index (χ1) is 13.3. The van der Waals surface area contributed by atoms with E-state index in [1.807, 2.05) is 32.0 Å². The summed E-state index contributed by atoms with van der Waals surface area (Å²) < 4.78 is 43.8. The molecule has 0 amide bonds. The molecule has 0 aromatic heterocycles. The molecule has 28 heavy (non-hydrogen) atoms. The Morgan fingerprint density at radius 1 is 0.893 bits per heavy atom. The summed E-state index contributed by atoms with van der Waals surface area (Å²) in [6, 6.07) is 16.2. The van der Waals surface area contributed by atoms with Crippen molar-refractivity contribution in [2.45, 2.75) is 50.3 Å². The molecule has 0 saturated carbocycles. The summed E-state index contributed by atoms with van der Waals surface area (Å²) in [5.74, 6) is -0.797. The van der Waals surface area contributed by atoms with Gasteiger partial charge in [-0.3, -0.25) is 13.6 Å². The van der Waals surface area contributed by atoms with E-state index in [0.29, 0.717) is 10.3 Å². The molecule has 0 aliphatic carbocycles. The molecule has 3 fully saturated rings. The Hall–Kier alpha value is -1.24. The van der Waals surface area contributed by atoms with Crippen LogP contribution in [0.4, 0.5) is 0 Å². The molecular weight excluding hydrogens is 403 g/mol.